The second-order valence-corrected chi connectivity index (χ2v) is 7.36. The van der Waals surface area contributed by atoms with Gasteiger partial charge in [0, 0.05) is 19.3 Å². The number of nitrogens with zero attached hydrogens (tertiary/aromatic N) is 1. The zero-order valence-corrected chi connectivity index (χ0v) is 13.1. The molecule has 1 aliphatic rings. The summed E-state index contributed by atoms with van der Waals surface area (Å²) in [5.74, 6) is 0.604. The highest BCUT2D eigenvalue weighted by molar-refractivity contribution is 7.91. The van der Waals surface area contributed by atoms with Crippen molar-refractivity contribution in [2.75, 3.05) is 33.6 Å². The van der Waals surface area contributed by atoms with Crippen LogP contribution in [0.25, 0.3) is 0 Å². The molecule has 1 saturated heterocycles. The van der Waals surface area contributed by atoms with Crippen molar-refractivity contribution in [2.45, 2.75) is 11.7 Å². The third-order valence-corrected chi connectivity index (χ3v) is 5.27. The van der Waals surface area contributed by atoms with Crippen molar-refractivity contribution in [3.8, 4) is 11.5 Å². The van der Waals surface area contributed by atoms with E-state index in [1.807, 2.05) is 0 Å². The highest BCUT2D eigenvalue weighted by Crippen LogP contribution is 2.32. The molecule has 1 unspecified atom stereocenters. The molecule has 0 spiro atoms. The Kier molecular flexibility index (Phi) is 4.41. The van der Waals surface area contributed by atoms with Gasteiger partial charge in [-0.05, 0) is 18.6 Å². The van der Waals surface area contributed by atoms with E-state index in [1.165, 1.54) is 20.5 Å². The quantitative estimate of drug-likeness (QED) is 0.828. The van der Waals surface area contributed by atoms with E-state index in [9.17, 15) is 13.2 Å². The number of carbonyl (C=O) groups is 1. The second kappa shape index (κ2) is 5.93. The van der Waals surface area contributed by atoms with Gasteiger partial charge in [-0.2, -0.15) is 0 Å². The summed E-state index contributed by atoms with van der Waals surface area (Å²) in [4.78, 5) is 14.1. The van der Waals surface area contributed by atoms with Gasteiger partial charge >= 0.3 is 0 Å². The molecule has 0 radical (unpaired) electrons. The highest BCUT2D eigenvalue weighted by atomic mass is 32.2. The summed E-state index contributed by atoms with van der Waals surface area (Å²) in [6.07, 6.45) is 1.68. The fraction of sp³-hybridized carbons (Fsp3) is 0.500. The maximum atomic E-state index is 12.6. The molecule has 1 aliphatic heterocycles. The van der Waals surface area contributed by atoms with Gasteiger partial charge in [0.2, 0.25) is 0 Å². The summed E-state index contributed by atoms with van der Waals surface area (Å²) in [5.41, 5.74) is 0.381. The SMILES string of the molecule is COc1cccc(C(=O)N2CCC(S(C)(=O)=O)C2)c1OC. The molecule has 0 N–H and O–H groups in total. The van der Waals surface area contributed by atoms with Crippen LogP contribution in [0.2, 0.25) is 0 Å². The molecule has 6 nitrogen and oxygen atoms in total. The van der Waals surface area contributed by atoms with E-state index in [2.05, 4.69) is 0 Å². The number of likely N-dealkylation sites (tertiary alicyclic amines) is 1. The molecule has 1 amide bonds. The van der Waals surface area contributed by atoms with Crippen LogP contribution in [0.4, 0.5) is 0 Å². The van der Waals surface area contributed by atoms with Crippen molar-refractivity contribution in [1.82, 2.24) is 4.90 Å². The number of carbonyl (C=O) groups excluding carboxylic acids is 1. The number of rotatable bonds is 4. The van der Waals surface area contributed by atoms with Gasteiger partial charge in [-0.15, -0.1) is 0 Å². The van der Waals surface area contributed by atoms with Gasteiger partial charge in [0.1, 0.15) is 0 Å². The highest BCUT2D eigenvalue weighted by Gasteiger charge is 2.34. The van der Waals surface area contributed by atoms with Crippen molar-refractivity contribution in [1.29, 1.82) is 0 Å². The number of para-hydroxylation sites is 1. The minimum absolute atomic E-state index is 0.220. The Morgan fingerprint density at radius 3 is 2.52 bits per heavy atom. The van der Waals surface area contributed by atoms with Gasteiger partial charge in [-0.3, -0.25) is 4.79 Å². The minimum Gasteiger partial charge on any atom is -0.493 e. The number of ether oxygens (including phenoxy) is 2. The molecule has 1 fully saturated rings. The third kappa shape index (κ3) is 3.12. The molecule has 2 rings (SSSR count). The fourth-order valence-corrected chi connectivity index (χ4v) is 3.47. The summed E-state index contributed by atoms with van der Waals surface area (Å²) in [6, 6.07) is 5.06. The van der Waals surface area contributed by atoms with Gasteiger partial charge in [0.25, 0.3) is 5.91 Å². The first-order valence-electron chi connectivity index (χ1n) is 6.57. The number of benzene rings is 1. The lowest BCUT2D eigenvalue weighted by Crippen LogP contribution is -2.31. The lowest BCUT2D eigenvalue weighted by Gasteiger charge is -2.19. The van der Waals surface area contributed by atoms with E-state index in [0.29, 0.717) is 30.0 Å². The summed E-state index contributed by atoms with van der Waals surface area (Å²) >= 11 is 0. The van der Waals surface area contributed by atoms with Crippen LogP contribution < -0.4 is 9.47 Å². The normalized spacial score (nSPS) is 18.6. The number of sulfone groups is 1. The van der Waals surface area contributed by atoms with Gasteiger partial charge in [-0.25, -0.2) is 8.42 Å². The Morgan fingerprint density at radius 2 is 2.00 bits per heavy atom. The maximum Gasteiger partial charge on any atom is 0.257 e. The first-order chi connectivity index (χ1) is 9.88. The van der Waals surface area contributed by atoms with Crippen LogP contribution >= 0.6 is 0 Å². The Labute approximate surface area is 124 Å². The number of amides is 1. The molecule has 7 heteroatoms. The van der Waals surface area contributed by atoms with E-state index < -0.39 is 15.1 Å². The van der Waals surface area contributed by atoms with Crippen molar-refractivity contribution < 1.29 is 22.7 Å². The van der Waals surface area contributed by atoms with E-state index in [4.69, 9.17) is 9.47 Å². The Morgan fingerprint density at radius 1 is 1.29 bits per heavy atom. The molecule has 1 heterocycles. The fourth-order valence-electron chi connectivity index (χ4n) is 2.49. The Balaban J connectivity index is 2.26. The molecular formula is C14H19NO5S. The largest absolute Gasteiger partial charge is 0.493 e. The van der Waals surface area contributed by atoms with Crippen molar-refractivity contribution in [3.05, 3.63) is 23.8 Å². The van der Waals surface area contributed by atoms with Gasteiger partial charge in [0.05, 0.1) is 25.0 Å². The van der Waals surface area contributed by atoms with E-state index >= 15 is 0 Å². The summed E-state index contributed by atoms with van der Waals surface area (Å²) in [5, 5.41) is -0.488. The molecule has 116 valence electrons. The zero-order valence-electron chi connectivity index (χ0n) is 12.3. The van der Waals surface area contributed by atoms with Crippen LogP contribution in [0, 0.1) is 0 Å². The molecule has 0 aromatic heterocycles. The maximum absolute atomic E-state index is 12.6. The average molecular weight is 313 g/mol. The van der Waals surface area contributed by atoms with Crippen molar-refractivity contribution in [3.63, 3.8) is 0 Å². The van der Waals surface area contributed by atoms with Gasteiger partial charge in [0.15, 0.2) is 21.3 Å². The van der Waals surface area contributed by atoms with Crippen LogP contribution in [-0.2, 0) is 9.84 Å². The molecule has 1 atom stereocenters. The first kappa shape index (κ1) is 15.6. The van der Waals surface area contributed by atoms with Crippen molar-refractivity contribution in [2.24, 2.45) is 0 Å². The minimum atomic E-state index is -3.13. The van der Waals surface area contributed by atoms with Crippen LogP contribution in [0.5, 0.6) is 11.5 Å². The van der Waals surface area contributed by atoms with Gasteiger partial charge in [-0.1, -0.05) is 6.07 Å². The second-order valence-electron chi connectivity index (χ2n) is 5.03. The molecule has 0 bridgehead atoms. The molecule has 21 heavy (non-hydrogen) atoms. The average Bonchev–Trinajstić information content (AvgIpc) is 2.95. The van der Waals surface area contributed by atoms with E-state index in [0.717, 1.165) is 0 Å². The predicted molar refractivity (Wildman–Crippen MR) is 78.7 cm³/mol. The smallest absolute Gasteiger partial charge is 0.257 e. The lowest BCUT2D eigenvalue weighted by atomic mass is 10.1. The Hall–Kier alpha value is -1.76. The third-order valence-electron chi connectivity index (χ3n) is 3.67. The topological polar surface area (TPSA) is 72.9 Å². The molecule has 0 saturated carbocycles. The van der Waals surface area contributed by atoms with Crippen LogP contribution in [0.3, 0.4) is 0 Å². The number of methoxy groups -OCH3 is 2. The zero-order chi connectivity index (χ0) is 15.6. The standard InChI is InChI=1S/C14H19NO5S/c1-19-12-6-4-5-11(13(12)20-2)14(16)15-8-7-10(9-15)21(3,17)18/h4-6,10H,7-9H2,1-3H3. The molecular weight excluding hydrogens is 294 g/mol. The number of hydrogen-bond donors (Lipinski definition) is 0. The lowest BCUT2D eigenvalue weighted by molar-refractivity contribution is 0.0789. The van der Waals surface area contributed by atoms with Crippen LogP contribution in [-0.4, -0.2) is 58.0 Å². The van der Waals surface area contributed by atoms with Gasteiger partial charge < -0.3 is 14.4 Å². The van der Waals surface area contributed by atoms with Crippen LogP contribution in [0.15, 0.2) is 18.2 Å². The molecule has 1 aromatic carbocycles. The monoisotopic (exact) mass is 313 g/mol. The Bertz CT molecular complexity index is 641. The summed E-state index contributed by atoms with van der Waals surface area (Å²) < 4.78 is 33.6. The number of hydrogen-bond acceptors (Lipinski definition) is 5. The summed E-state index contributed by atoms with van der Waals surface area (Å²) in [6.45, 7) is 0.648. The van der Waals surface area contributed by atoms with E-state index in [-0.39, 0.29) is 12.5 Å². The summed E-state index contributed by atoms with van der Waals surface area (Å²) in [7, 11) is -0.158. The first-order valence-corrected chi connectivity index (χ1v) is 8.53. The van der Waals surface area contributed by atoms with E-state index in [1.54, 1.807) is 23.1 Å². The van der Waals surface area contributed by atoms with Crippen LogP contribution in [0.1, 0.15) is 16.8 Å². The molecule has 0 aliphatic carbocycles. The van der Waals surface area contributed by atoms with Crippen molar-refractivity contribution >= 4 is 15.7 Å². The molecule has 1 aromatic rings. The predicted octanol–water partition coefficient (Wildman–Crippen LogP) is 0.963.